The molecule has 0 atom stereocenters. The fourth-order valence-corrected chi connectivity index (χ4v) is 3.31. The molecule has 0 unspecified atom stereocenters. The number of para-hydroxylation sites is 1. The van der Waals surface area contributed by atoms with E-state index in [9.17, 15) is 4.39 Å². The molecule has 0 aliphatic heterocycles. The van der Waals surface area contributed by atoms with Gasteiger partial charge in [-0.15, -0.1) is 0 Å². The predicted molar refractivity (Wildman–Crippen MR) is 105 cm³/mol. The molecule has 0 saturated heterocycles. The van der Waals surface area contributed by atoms with Crippen molar-refractivity contribution in [1.82, 2.24) is 19.9 Å². The van der Waals surface area contributed by atoms with E-state index in [1.165, 1.54) is 12.1 Å². The third-order valence-corrected chi connectivity index (χ3v) is 4.63. The minimum atomic E-state index is -0.267. The van der Waals surface area contributed by atoms with Crippen LogP contribution in [-0.4, -0.2) is 19.9 Å². The van der Waals surface area contributed by atoms with E-state index in [0.717, 1.165) is 44.8 Å². The first-order valence-corrected chi connectivity index (χ1v) is 8.62. The zero-order valence-electron chi connectivity index (χ0n) is 14.3. The maximum Gasteiger partial charge on any atom is 0.140 e. The number of pyridine rings is 1. The predicted octanol–water partition coefficient (Wildman–Crippen LogP) is 5.43. The molecule has 130 valence electrons. The summed E-state index contributed by atoms with van der Waals surface area (Å²) in [5.41, 5.74) is 5.53. The first-order valence-electron chi connectivity index (χ1n) is 8.62. The minimum Gasteiger partial charge on any atom is -0.360 e. The normalized spacial score (nSPS) is 11.1. The molecule has 0 aliphatic carbocycles. The number of nitrogens with one attached hydrogen (secondary N) is 2. The van der Waals surface area contributed by atoms with Gasteiger partial charge in [-0.2, -0.15) is 0 Å². The molecule has 0 spiro atoms. The number of H-pyrrole nitrogens is 2. The molecule has 3 aromatic heterocycles. The quantitative estimate of drug-likeness (QED) is 0.454. The van der Waals surface area contributed by atoms with E-state index in [4.69, 9.17) is 4.98 Å². The molecule has 5 heteroatoms. The molecule has 0 bridgehead atoms. The number of imidazole rings is 1. The standard InChI is InChI=1S/C22H15FN4/c23-16-7-5-14(6-8-16)20-21(15-9-11-24-12-10-15)27-22(26-20)18-13-25-19-4-2-1-3-17(18)19/h1-13,25H,(H,26,27). The highest BCUT2D eigenvalue weighted by molar-refractivity contribution is 5.95. The molecule has 3 heterocycles. The van der Waals surface area contributed by atoms with E-state index in [-0.39, 0.29) is 5.82 Å². The van der Waals surface area contributed by atoms with Crippen molar-refractivity contribution in [3.8, 4) is 33.9 Å². The minimum absolute atomic E-state index is 0.267. The van der Waals surface area contributed by atoms with Gasteiger partial charge in [-0.25, -0.2) is 9.37 Å². The van der Waals surface area contributed by atoms with E-state index in [1.807, 2.05) is 36.5 Å². The topological polar surface area (TPSA) is 57.4 Å². The molecular formula is C22H15FN4. The lowest BCUT2D eigenvalue weighted by Gasteiger charge is -2.02. The highest BCUT2D eigenvalue weighted by Gasteiger charge is 2.17. The average molecular weight is 354 g/mol. The fraction of sp³-hybridized carbons (Fsp3) is 0. The zero-order valence-corrected chi connectivity index (χ0v) is 14.3. The molecule has 2 N–H and O–H groups in total. The third-order valence-electron chi connectivity index (χ3n) is 4.63. The Labute approximate surface area is 154 Å². The molecule has 0 aliphatic rings. The maximum atomic E-state index is 13.4. The Morgan fingerprint density at radius 1 is 0.815 bits per heavy atom. The number of nitrogens with zero attached hydrogens (tertiary/aromatic N) is 2. The number of fused-ring (bicyclic) bond motifs is 1. The van der Waals surface area contributed by atoms with Crippen LogP contribution in [0.1, 0.15) is 0 Å². The van der Waals surface area contributed by atoms with Gasteiger partial charge < -0.3 is 9.97 Å². The van der Waals surface area contributed by atoms with Crippen molar-refractivity contribution in [2.75, 3.05) is 0 Å². The number of hydrogen-bond acceptors (Lipinski definition) is 2. The van der Waals surface area contributed by atoms with Crippen LogP contribution in [0.25, 0.3) is 44.8 Å². The summed E-state index contributed by atoms with van der Waals surface area (Å²) >= 11 is 0. The summed E-state index contributed by atoms with van der Waals surface area (Å²) in [7, 11) is 0. The van der Waals surface area contributed by atoms with Crippen molar-refractivity contribution >= 4 is 10.9 Å². The van der Waals surface area contributed by atoms with Crippen molar-refractivity contribution in [3.63, 3.8) is 0 Å². The smallest absolute Gasteiger partial charge is 0.140 e. The molecule has 0 saturated carbocycles. The van der Waals surface area contributed by atoms with Crippen molar-refractivity contribution in [2.24, 2.45) is 0 Å². The van der Waals surface area contributed by atoms with Gasteiger partial charge >= 0.3 is 0 Å². The van der Waals surface area contributed by atoms with Gasteiger partial charge in [0.25, 0.3) is 0 Å². The van der Waals surface area contributed by atoms with Crippen molar-refractivity contribution in [3.05, 3.63) is 85.1 Å². The summed E-state index contributed by atoms with van der Waals surface area (Å²) in [6.07, 6.45) is 5.44. The molecule has 5 rings (SSSR count). The van der Waals surface area contributed by atoms with Gasteiger partial charge in [-0.05, 0) is 42.5 Å². The van der Waals surface area contributed by atoms with Crippen LogP contribution in [0.15, 0.2) is 79.3 Å². The number of hydrogen-bond donors (Lipinski definition) is 2. The second kappa shape index (κ2) is 6.21. The Kier molecular flexibility index (Phi) is 3.57. The van der Waals surface area contributed by atoms with Gasteiger partial charge in [-0.1, -0.05) is 18.2 Å². The first-order chi connectivity index (χ1) is 13.3. The maximum absolute atomic E-state index is 13.4. The number of halogens is 1. The van der Waals surface area contributed by atoms with Crippen LogP contribution in [0.2, 0.25) is 0 Å². The van der Waals surface area contributed by atoms with Gasteiger partial charge in [0.15, 0.2) is 0 Å². The Hall–Kier alpha value is -3.73. The van der Waals surface area contributed by atoms with E-state index >= 15 is 0 Å². The van der Waals surface area contributed by atoms with Crippen LogP contribution >= 0.6 is 0 Å². The summed E-state index contributed by atoms with van der Waals surface area (Å²) in [5, 5.41) is 1.10. The van der Waals surface area contributed by atoms with Gasteiger partial charge in [-0.3, -0.25) is 4.98 Å². The molecule has 0 amide bonds. The number of aromatic nitrogens is 4. The molecule has 5 aromatic rings. The largest absolute Gasteiger partial charge is 0.360 e. The molecule has 0 radical (unpaired) electrons. The van der Waals surface area contributed by atoms with Gasteiger partial charge in [0.05, 0.1) is 11.4 Å². The van der Waals surface area contributed by atoms with Crippen LogP contribution < -0.4 is 0 Å². The van der Waals surface area contributed by atoms with Crippen LogP contribution in [0.3, 0.4) is 0 Å². The van der Waals surface area contributed by atoms with Crippen molar-refractivity contribution in [2.45, 2.75) is 0 Å². The van der Waals surface area contributed by atoms with E-state index < -0.39 is 0 Å². The van der Waals surface area contributed by atoms with Crippen LogP contribution in [0, 0.1) is 5.82 Å². The van der Waals surface area contributed by atoms with Crippen LogP contribution in [0.5, 0.6) is 0 Å². The second-order valence-electron chi connectivity index (χ2n) is 6.30. The summed E-state index contributed by atoms with van der Waals surface area (Å²) in [6.45, 7) is 0. The van der Waals surface area contributed by atoms with E-state index in [2.05, 4.69) is 21.0 Å². The van der Waals surface area contributed by atoms with Crippen molar-refractivity contribution in [1.29, 1.82) is 0 Å². The lowest BCUT2D eigenvalue weighted by molar-refractivity contribution is 0.628. The molecular weight excluding hydrogens is 339 g/mol. The van der Waals surface area contributed by atoms with E-state index in [1.54, 1.807) is 24.5 Å². The third kappa shape index (κ3) is 2.69. The Balaban J connectivity index is 1.73. The summed E-state index contributed by atoms with van der Waals surface area (Å²) in [4.78, 5) is 15.7. The zero-order chi connectivity index (χ0) is 18.2. The van der Waals surface area contributed by atoms with Gasteiger partial charge in [0.2, 0.25) is 0 Å². The Morgan fingerprint density at radius 2 is 1.59 bits per heavy atom. The average Bonchev–Trinajstić information content (AvgIpc) is 3.33. The number of rotatable bonds is 3. The molecule has 0 fully saturated rings. The number of aromatic amines is 2. The SMILES string of the molecule is Fc1ccc(-c2nc(-c3c[nH]c4ccccc34)[nH]c2-c2ccncc2)cc1. The van der Waals surface area contributed by atoms with Crippen LogP contribution in [-0.2, 0) is 0 Å². The monoisotopic (exact) mass is 354 g/mol. The Bertz CT molecular complexity index is 1220. The van der Waals surface area contributed by atoms with Gasteiger partial charge in [0, 0.05) is 46.2 Å². The van der Waals surface area contributed by atoms with Gasteiger partial charge in [0.1, 0.15) is 11.6 Å². The highest BCUT2D eigenvalue weighted by Crippen LogP contribution is 2.35. The fourth-order valence-electron chi connectivity index (χ4n) is 3.31. The summed E-state index contributed by atoms with van der Waals surface area (Å²) in [5.74, 6) is 0.496. The molecule has 2 aromatic carbocycles. The summed E-state index contributed by atoms with van der Waals surface area (Å²) < 4.78 is 13.4. The molecule has 27 heavy (non-hydrogen) atoms. The Morgan fingerprint density at radius 3 is 2.41 bits per heavy atom. The summed E-state index contributed by atoms with van der Waals surface area (Å²) in [6, 6.07) is 18.4. The number of benzene rings is 2. The lowest BCUT2D eigenvalue weighted by Crippen LogP contribution is -1.84. The van der Waals surface area contributed by atoms with Crippen molar-refractivity contribution < 1.29 is 4.39 Å². The highest BCUT2D eigenvalue weighted by atomic mass is 19.1. The first kappa shape index (κ1) is 15.5. The van der Waals surface area contributed by atoms with Crippen LogP contribution in [0.4, 0.5) is 4.39 Å². The van der Waals surface area contributed by atoms with E-state index in [0.29, 0.717) is 0 Å². The lowest BCUT2D eigenvalue weighted by atomic mass is 10.1. The molecule has 4 nitrogen and oxygen atoms in total. The second-order valence-corrected chi connectivity index (χ2v) is 6.30.